The number of hydrogen-bond acceptors (Lipinski definition) is 5. The summed E-state index contributed by atoms with van der Waals surface area (Å²) in [7, 11) is 3.41. The molecule has 0 amide bonds. The first kappa shape index (κ1) is 14.2. The lowest BCUT2D eigenvalue weighted by Gasteiger charge is -2.15. The van der Waals surface area contributed by atoms with Gasteiger partial charge in [0.2, 0.25) is 0 Å². The highest BCUT2D eigenvalue weighted by atomic mass is 16.5. The highest BCUT2D eigenvalue weighted by molar-refractivity contribution is 5.36. The number of hydrogen-bond donors (Lipinski definition) is 1. The highest BCUT2D eigenvalue weighted by Gasteiger charge is 2.34. The molecule has 19 heavy (non-hydrogen) atoms. The van der Waals surface area contributed by atoms with Gasteiger partial charge in [0.05, 0.1) is 12.3 Å². The molecule has 0 spiro atoms. The Morgan fingerprint density at radius 2 is 2.16 bits per heavy atom. The van der Waals surface area contributed by atoms with Crippen LogP contribution in [0.3, 0.4) is 0 Å². The second kappa shape index (κ2) is 6.82. The van der Waals surface area contributed by atoms with Crippen molar-refractivity contribution in [2.24, 2.45) is 5.92 Å². The fourth-order valence-corrected chi connectivity index (χ4v) is 2.12. The van der Waals surface area contributed by atoms with E-state index in [4.69, 9.17) is 9.47 Å². The predicted molar refractivity (Wildman–Crippen MR) is 74.0 cm³/mol. The largest absolute Gasteiger partial charge is 0.378 e. The van der Waals surface area contributed by atoms with Gasteiger partial charge in [-0.05, 0) is 25.2 Å². The van der Waals surface area contributed by atoms with E-state index in [1.165, 1.54) is 12.8 Å². The summed E-state index contributed by atoms with van der Waals surface area (Å²) in [5.74, 6) is 2.21. The Balaban J connectivity index is 2.21. The molecule has 0 bridgehead atoms. The molecular formula is C14H23N3O2. The van der Waals surface area contributed by atoms with Crippen molar-refractivity contribution >= 4 is 5.82 Å². The number of nitrogens with one attached hydrogen (secondary N) is 1. The number of nitrogens with zero attached hydrogens (tertiary/aromatic N) is 2. The minimum absolute atomic E-state index is 0.0129. The lowest BCUT2D eigenvalue weighted by atomic mass is 10.2. The van der Waals surface area contributed by atoms with Crippen LogP contribution >= 0.6 is 0 Å². The van der Waals surface area contributed by atoms with E-state index in [-0.39, 0.29) is 6.10 Å². The van der Waals surface area contributed by atoms with Crippen LogP contribution in [-0.4, -0.2) is 30.7 Å². The van der Waals surface area contributed by atoms with Gasteiger partial charge in [-0.2, -0.15) is 0 Å². The Kier molecular flexibility index (Phi) is 5.10. The topological polar surface area (TPSA) is 56.3 Å². The average Bonchev–Trinajstić information content (AvgIpc) is 3.22. The predicted octanol–water partition coefficient (Wildman–Crippen LogP) is 2.54. The third-order valence-electron chi connectivity index (χ3n) is 3.20. The van der Waals surface area contributed by atoms with E-state index >= 15 is 0 Å². The Morgan fingerprint density at radius 3 is 2.74 bits per heavy atom. The smallest absolute Gasteiger partial charge is 0.160 e. The summed E-state index contributed by atoms with van der Waals surface area (Å²) in [5.41, 5.74) is 0.897. The molecule has 1 N–H and O–H groups in total. The van der Waals surface area contributed by atoms with Crippen molar-refractivity contribution < 1.29 is 9.47 Å². The lowest BCUT2D eigenvalue weighted by molar-refractivity contribution is 0.0765. The van der Waals surface area contributed by atoms with Crippen molar-refractivity contribution in [2.75, 3.05) is 26.1 Å². The van der Waals surface area contributed by atoms with Crippen LogP contribution in [0.15, 0.2) is 6.07 Å². The van der Waals surface area contributed by atoms with Gasteiger partial charge in [0.15, 0.2) is 5.82 Å². The van der Waals surface area contributed by atoms with Gasteiger partial charge in [-0.25, -0.2) is 9.97 Å². The Hall–Kier alpha value is -1.20. The van der Waals surface area contributed by atoms with Gasteiger partial charge < -0.3 is 14.8 Å². The first-order valence-electron chi connectivity index (χ1n) is 6.92. The number of ether oxygens (including phenoxy) is 2. The molecule has 106 valence electrons. The van der Waals surface area contributed by atoms with Crippen molar-refractivity contribution in [3.05, 3.63) is 17.6 Å². The second-order valence-electron chi connectivity index (χ2n) is 4.96. The van der Waals surface area contributed by atoms with Crippen LogP contribution in [-0.2, 0) is 16.1 Å². The fourth-order valence-electron chi connectivity index (χ4n) is 2.12. The summed E-state index contributed by atoms with van der Waals surface area (Å²) in [6.07, 6.45) is 3.48. The molecule has 0 aromatic carbocycles. The summed E-state index contributed by atoms with van der Waals surface area (Å²) in [5, 5.41) is 3.31. The van der Waals surface area contributed by atoms with Gasteiger partial charge in [-0.3, -0.25) is 0 Å². The Morgan fingerprint density at radius 1 is 1.37 bits per heavy atom. The van der Waals surface area contributed by atoms with E-state index in [0.717, 1.165) is 30.3 Å². The van der Waals surface area contributed by atoms with Crippen LogP contribution in [0.4, 0.5) is 5.82 Å². The lowest BCUT2D eigenvalue weighted by Crippen LogP contribution is -2.13. The fraction of sp³-hybridized carbons (Fsp3) is 0.714. The van der Waals surface area contributed by atoms with E-state index in [9.17, 15) is 0 Å². The summed E-state index contributed by atoms with van der Waals surface area (Å²) < 4.78 is 10.7. The molecule has 1 aliphatic carbocycles. The van der Waals surface area contributed by atoms with Crippen LogP contribution in [0.25, 0.3) is 0 Å². The highest BCUT2D eigenvalue weighted by Crippen LogP contribution is 2.42. The number of rotatable bonds is 8. The van der Waals surface area contributed by atoms with E-state index in [0.29, 0.717) is 12.5 Å². The van der Waals surface area contributed by atoms with Crippen LogP contribution in [0, 0.1) is 5.92 Å². The first-order chi connectivity index (χ1) is 9.28. The van der Waals surface area contributed by atoms with Gasteiger partial charge in [0, 0.05) is 26.8 Å². The van der Waals surface area contributed by atoms with Gasteiger partial charge >= 0.3 is 0 Å². The van der Waals surface area contributed by atoms with Crippen LogP contribution < -0.4 is 5.32 Å². The number of methoxy groups -OCH3 is 2. The molecule has 5 heteroatoms. The van der Waals surface area contributed by atoms with E-state index < -0.39 is 0 Å². The molecule has 2 rings (SSSR count). The summed E-state index contributed by atoms with van der Waals surface area (Å²) in [6.45, 7) is 3.54. The van der Waals surface area contributed by atoms with Crippen molar-refractivity contribution in [2.45, 2.75) is 38.9 Å². The Labute approximate surface area is 114 Å². The molecular weight excluding hydrogens is 242 g/mol. The summed E-state index contributed by atoms with van der Waals surface area (Å²) in [6, 6.07) is 1.95. The monoisotopic (exact) mass is 265 g/mol. The zero-order valence-corrected chi connectivity index (χ0v) is 12.0. The minimum atomic E-state index is 0.0129. The van der Waals surface area contributed by atoms with Crippen molar-refractivity contribution in [1.29, 1.82) is 0 Å². The van der Waals surface area contributed by atoms with Crippen molar-refractivity contribution in [3.8, 4) is 0 Å². The maximum atomic E-state index is 5.56. The van der Waals surface area contributed by atoms with E-state index in [1.807, 2.05) is 6.07 Å². The van der Waals surface area contributed by atoms with Crippen LogP contribution in [0.2, 0.25) is 0 Å². The maximum absolute atomic E-state index is 5.56. The second-order valence-corrected chi connectivity index (χ2v) is 4.96. The van der Waals surface area contributed by atoms with Crippen molar-refractivity contribution in [1.82, 2.24) is 9.97 Å². The third kappa shape index (κ3) is 3.88. The van der Waals surface area contributed by atoms with Gasteiger partial charge in [-0.1, -0.05) is 6.92 Å². The molecule has 1 atom stereocenters. The molecule has 1 saturated carbocycles. The molecule has 1 fully saturated rings. The quantitative estimate of drug-likeness (QED) is 0.782. The number of anilines is 1. The third-order valence-corrected chi connectivity index (χ3v) is 3.20. The number of aromatic nitrogens is 2. The summed E-state index contributed by atoms with van der Waals surface area (Å²) in [4.78, 5) is 9.15. The first-order valence-corrected chi connectivity index (χ1v) is 6.92. The SMILES string of the molecule is CCCNc1cc(COC)nc(C(OC)C2CC2)n1. The van der Waals surface area contributed by atoms with Crippen LogP contribution in [0.1, 0.15) is 43.8 Å². The van der Waals surface area contributed by atoms with Gasteiger partial charge in [0.1, 0.15) is 11.9 Å². The Bertz CT molecular complexity index is 408. The normalized spacial score (nSPS) is 16.4. The zero-order chi connectivity index (χ0) is 13.7. The molecule has 0 aliphatic heterocycles. The molecule has 0 radical (unpaired) electrons. The zero-order valence-electron chi connectivity index (χ0n) is 12.0. The van der Waals surface area contributed by atoms with Crippen LogP contribution in [0.5, 0.6) is 0 Å². The molecule has 1 aliphatic rings. The van der Waals surface area contributed by atoms with Crippen molar-refractivity contribution in [3.63, 3.8) is 0 Å². The maximum Gasteiger partial charge on any atom is 0.160 e. The van der Waals surface area contributed by atoms with Gasteiger partial charge in [0.25, 0.3) is 0 Å². The van der Waals surface area contributed by atoms with Gasteiger partial charge in [-0.15, -0.1) is 0 Å². The van der Waals surface area contributed by atoms with E-state index in [2.05, 4.69) is 22.2 Å². The molecule has 1 unspecified atom stereocenters. The molecule has 5 nitrogen and oxygen atoms in total. The summed E-state index contributed by atoms with van der Waals surface area (Å²) >= 11 is 0. The minimum Gasteiger partial charge on any atom is -0.378 e. The van der Waals surface area contributed by atoms with E-state index in [1.54, 1.807) is 14.2 Å². The molecule has 0 saturated heterocycles. The molecule has 1 aromatic heterocycles. The standard InChI is InChI=1S/C14H23N3O2/c1-4-7-15-12-8-11(9-18-2)16-14(17-12)13(19-3)10-5-6-10/h8,10,13H,4-7,9H2,1-3H3,(H,15,16,17). The molecule has 1 aromatic rings. The average molecular weight is 265 g/mol. The molecule has 1 heterocycles.